The molecule has 0 radical (unpaired) electrons. The average molecular weight is 425 g/mol. The minimum absolute atomic E-state index is 0.0133. The molecule has 3 aromatic heterocycles. The number of aromatic amines is 1. The molecule has 4 aromatic rings. The van der Waals surface area contributed by atoms with Gasteiger partial charge >= 0.3 is 0 Å². The number of carbonyl (C=O) groups excluding carboxylic acids is 1. The number of hydrogen-bond donors (Lipinski definition) is 2. The highest BCUT2D eigenvalue weighted by Gasteiger charge is 2.11. The number of nitrogens with zero attached hydrogens (tertiary/aromatic N) is 4. The smallest absolute Gasteiger partial charge is 0.221 e. The van der Waals surface area contributed by atoms with E-state index in [1.807, 2.05) is 69.5 Å². The summed E-state index contributed by atoms with van der Waals surface area (Å²) in [6.07, 6.45) is 4.89. The van der Waals surface area contributed by atoms with Crippen molar-refractivity contribution in [2.24, 2.45) is 0 Å². The second-order valence-electron chi connectivity index (χ2n) is 6.46. The molecule has 0 fully saturated rings. The summed E-state index contributed by atoms with van der Waals surface area (Å²) in [5, 5.41) is 16.4. The molecule has 0 atom stereocenters. The van der Waals surface area contributed by atoms with Crippen LogP contribution in [0.5, 0.6) is 0 Å². The first-order valence-corrected chi connectivity index (χ1v) is 10.5. The topological polar surface area (TPSA) is 80.5 Å². The van der Waals surface area contributed by atoms with Gasteiger partial charge in [-0.05, 0) is 47.8 Å². The van der Waals surface area contributed by atoms with E-state index in [0.29, 0.717) is 24.3 Å². The molecule has 3 heterocycles. The molecule has 0 saturated carbocycles. The Balaban J connectivity index is 1.27. The number of thiophene rings is 1. The summed E-state index contributed by atoms with van der Waals surface area (Å²) in [5.41, 5.74) is 2.09. The monoisotopic (exact) mass is 424 g/mol. The van der Waals surface area contributed by atoms with E-state index in [-0.39, 0.29) is 5.91 Å². The lowest BCUT2D eigenvalue weighted by molar-refractivity contribution is -0.121. The molecule has 29 heavy (non-hydrogen) atoms. The summed E-state index contributed by atoms with van der Waals surface area (Å²) in [7, 11) is 0. The maximum absolute atomic E-state index is 12.3. The molecule has 4 rings (SSSR count). The zero-order valence-corrected chi connectivity index (χ0v) is 17.2. The molecule has 1 amide bonds. The van der Waals surface area contributed by atoms with Crippen molar-refractivity contribution in [2.75, 3.05) is 6.54 Å². The van der Waals surface area contributed by atoms with Crippen molar-refractivity contribution in [1.29, 1.82) is 0 Å². The van der Waals surface area contributed by atoms with Crippen molar-refractivity contribution in [3.63, 3.8) is 0 Å². The molecule has 1 aromatic carbocycles. The highest BCUT2D eigenvalue weighted by atomic mass is 32.1. The van der Waals surface area contributed by atoms with Crippen molar-refractivity contribution < 1.29 is 4.79 Å². The lowest BCUT2D eigenvalue weighted by atomic mass is 10.2. The van der Waals surface area contributed by atoms with Gasteiger partial charge in [0.1, 0.15) is 0 Å². The van der Waals surface area contributed by atoms with Crippen LogP contribution in [0.3, 0.4) is 0 Å². The zero-order valence-electron chi connectivity index (χ0n) is 15.6. The Morgan fingerprint density at radius 3 is 2.86 bits per heavy atom. The van der Waals surface area contributed by atoms with Gasteiger partial charge in [-0.25, -0.2) is 4.68 Å². The molecule has 0 aliphatic carbocycles. The first-order valence-electron chi connectivity index (χ1n) is 9.25. The summed E-state index contributed by atoms with van der Waals surface area (Å²) >= 11 is 6.89. The van der Waals surface area contributed by atoms with E-state index in [2.05, 4.69) is 20.6 Å². The van der Waals surface area contributed by atoms with E-state index in [1.54, 1.807) is 11.3 Å². The van der Waals surface area contributed by atoms with Crippen LogP contribution in [0.15, 0.2) is 60.2 Å². The van der Waals surface area contributed by atoms with Crippen LogP contribution in [0.25, 0.3) is 16.4 Å². The normalized spacial score (nSPS) is 10.9. The van der Waals surface area contributed by atoms with Crippen LogP contribution in [0.4, 0.5) is 0 Å². The van der Waals surface area contributed by atoms with Gasteiger partial charge in [-0.15, -0.1) is 11.3 Å². The number of rotatable bonds is 8. The third-order valence-electron chi connectivity index (χ3n) is 4.45. The van der Waals surface area contributed by atoms with Gasteiger partial charge in [-0.1, -0.05) is 24.3 Å². The van der Waals surface area contributed by atoms with E-state index in [9.17, 15) is 4.79 Å². The third-order valence-corrected chi connectivity index (χ3v) is 5.63. The van der Waals surface area contributed by atoms with E-state index in [1.165, 1.54) is 0 Å². The molecular formula is C20H20N6OS2. The fourth-order valence-corrected chi connectivity index (χ4v) is 3.92. The van der Waals surface area contributed by atoms with Crippen molar-refractivity contribution in [3.8, 4) is 16.4 Å². The van der Waals surface area contributed by atoms with Gasteiger partial charge in [0.2, 0.25) is 5.91 Å². The average Bonchev–Trinajstić information content (AvgIpc) is 3.48. The molecule has 7 nitrogen and oxygen atoms in total. The highest BCUT2D eigenvalue weighted by Crippen LogP contribution is 2.22. The number of benzene rings is 1. The molecule has 0 spiro atoms. The van der Waals surface area contributed by atoms with Gasteiger partial charge in [0, 0.05) is 25.7 Å². The summed E-state index contributed by atoms with van der Waals surface area (Å²) in [6.45, 7) is 1.05. The zero-order chi connectivity index (χ0) is 20.1. The maximum atomic E-state index is 12.3. The summed E-state index contributed by atoms with van der Waals surface area (Å²) < 4.78 is 4.23. The van der Waals surface area contributed by atoms with Crippen LogP contribution in [0, 0.1) is 4.77 Å². The molecule has 148 valence electrons. The predicted molar refractivity (Wildman–Crippen MR) is 116 cm³/mol. The van der Waals surface area contributed by atoms with Gasteiger partial charge in [0.05, 0.1) is 16.8 Å². The number of para-hydroxylation sites is 1. The lowest BCUT2D eigenvalue weighted by Crippen LogP contribution is -2.26. The second-order valence-corrected chi connectivity index (χ2v) is 7.79. The highest BCUT2D eigenvalue weighted by molar-refractivity contribution is 7.71. The second kappa shape index (κ2) is 8.97. The Morgan fingerprint density at radius 2 is 2.07 bits per heavy atom. The van der Waals surface area contributed by atoms with E-state index >= 15 is 0 Å². The van der Waals surface area contributed by atoms with Crippen LogP contribution >= 0.6 is 23.6 Å². The first kappa shape index (κ1) is 19.3. The Hall–Kier alpha value is -3.04. The molecular weight excluding hydrogens is 404 g/mol. The van der Waals surface area contributed by atoms with Crippen LogP contribution in [0.1, 0.15) is 12.0 Å². The van der Waals surface area contributed by atoms with Crippen molar-refractivity contribution in [1.82, 2.24) is 29.9 Å². The Labute approximate surface area is 177 Å². The first-order chi connectivity index (χ1) is 14.2. The van der Waals surface area contributed by atoms with Crippen LogP contribution in [-0.2, 0) is 17.8 Å². The number of amides is 1. The Morgan fingerprint density at radius 1 is 1.21 bits per heavy atom. The summed E-state index contributed by atoms with van der Waals surface area (Å²) in [5.74, 6) is 0.756. The maximum Gasteiger partial charge on any atom is 0.221 e. The van der Waals surface area contributed by atoms with Crippen LogP contribution in [-0.4, -0.2) is 37.0 Å². The Bertz CT molecular complexity index is 1130. The summed E-state index contributed by atoms with van der Waals surface area (Å²) in [4.78, 5) is 13.3. The van der Waals surface area contributed by atoms with Crippen LogP contribution in [0.2, 0.25) is 0 Å². The predicted octanol–water partition coefficient (Wildman–Crippen LogP) is 3.60. The quantitative estimate of drug-likeness (QED) is 0.424. The number of hydrogen-bond acceptors (Lipinski definition) is 5. The van der Waals surface area contributed by atoms with Gasteiger partial charge in [0.25, 0.3) is 0 Å². The van der Waals surface area contributed by atoms with Gasteiger partial charge < -0.3 is 5.32 Å². The van der Waals surface area contributed by atoms with E-state index in [4.69, 9.17) is 12.2 Å². The summed E-state index contributed by atoms with van der Waals surface area (Å²) in [6, 6.07) is 13.9. The molecule has 0 unspecified atom stereocenters. The van der Waals surface area contributed by atoms with E-state index in [0.717, 1.165) is 28.4 Å². The standard InChI is InChI=1S/C20H20N6OS2/c27-18(9-11-25-19(23-24-20(25)28)17-7-4-12-29-17)21-10-8-15-13-22-26(14-15)16-5-2-1-3-6-16/h1-7,12-14H,8-11H2,(H,21,27)(H,24,28). The molecule has 0 saturated heterocycles. The number of aromatic nitrogens is 5. The number of nitrogens with one attached hydrogen (secondary N) is 2. The Kier molecular flexibility index (Phi) is 5.97. The van der Waals surface area contributed by atoms with Crippen molar-refractivity contribution in [3.05, 3.63) is 70.6 Å². The van der Waals surface area contributed by atoms with E-state index < -0.39 is 0 Å². The molecule has 2 N–H and O–H groups in total. The minimum Gasteiger partial charge on any atom is -0.356 e. The van der Waals surface area contributed by atoms with Gasteiger partial charge in [-0.2, -0.15) is 10.2 Å². The lowest BCUT2D eigenvalue weighted by Gasteiger charge is -2.07. The number of H-pyrrole nitrogens is 1. The molecule has 0 aliphatic rings. The SMILES string of the molecule is O=C(CCn1c(-c2cccs2)n[nH]c1=S)NCCc1cnn(-c2ccccc2)c1. The fraction of sp³-hybridized carbons (Fsp3) is 0.200. The molecule has 9 heteroatoms. The third kappa shape index (κ3) is 4.69. The van der Waals surface area contributed by atoms with Gasteiger partial charge in [-0.3, -0.25) is 14.5 Å². The fourth-order valence-electron chi connectivity index (χ4n) is 2.98. The minimum atomic E-state index is -0.0133. The molecule has 0 aliphatic heterocycles. The van der Waals surface area contributed by atoms with Gasteiger partial charge in [0.15, 0.2) is 10.6 Å². The van der Waals surface area contributed by atoms with Crippen molar-refractivity contribution in [2.45, 2.75) is 19.4 Å². The van der Waals surface area contributed by atoms with Crippen LogP contribution < -0.4 is 5.32 Å². The molecule has 0 bridgehead atoms. The number of carbonyl (C=O) groups is 1. The largest absolute Gasteiger partial charge is 0.356 e. The van der Waals surface area contributed by atoms with Crippen molar-refractivity contribution >= 4 is 29.5 Å².